The Bertz CT molecular complexity index is 676. The van der Waals surface area contributed by atoms with Crippen LogP contribution < -0.4 is 0 Å². The van der Waals surface area contributed by atoms with Crippen molar-refractivity contribution in [2.24, 2.45) is 17.8 Å². The highest BCUT2D eigenvalue weighted by molar-refractivity contribution is 5.82. The molecule has 1 fully saturated rings. The molecule has 0 radical (unpaired) electrons. The van der Waals surface area contributed by atoms with Crippen LogP contribution in [0.1, 0.15) is 58.4 Å². The van der Waals surface area contributed by atoms with Crippen molar-refractivity contribution >= 4 is 11.9 Å². The van der Waals surface area contributed by atoms with Crippen LogP contribution in [0.25, 0.3) is 0 Å². The normalized spacial score (nSPS) is 16.8. The van der Waals surface area contributed by atoms with Gasteiger partial charge in [-0.05, 0) is 45.1 Å². The van der Waals surface area contributed by atoms with Crippen molar-refractivity contribution in [2.75, 3.05) is 0 Å². The number of hydrogen-bond acceptors (Lipinski definition) is 4. The third-order valence-corrected chi connectivity index (χ3v) is 4.74. The molecule has 0 heterocycles. The lowest BCUT2D eigenvalue weighted by molar-refractivity contribution is -0.173. The molecule has 7 heteroatoms. The Morgan fingerprint density at radius 3 is 2.17 bits per heavy atom. The molecular formula is C22H29F3O4. The second-order valence-electron chi connectivity index (χ2n) is 8.67. The first-order valence-corrected chi connectivity index (χ1v) is 9.95. The van der Waals surface area contributed by atoms with Crippen LogP contribution in [0, 0.1) is 17.8 Å². The number of ether oxygens (including phenoxy) is 2. The molecule has 29 heavy (non-hydrogen) atoms. The minimum atomic E-state index is -4.42. The van der Waals surface area contributed by atoms with E-state index < -0.39 is 48.4 Å². The summed E-state index contributed by atoms with van der Waals surface area (Å²) in [6, 6.07) is 8.88. The van der Waals surface area contributed by atoms with Crippen LogP contribution in [-0.4, -0.2) is 23.7 Å². The number of alkyl halides is 3. The Balaban J connectivity index is 2.16. The van der Waals surface area contributed by atoms with E-state index in [0.717, 1.165) is 18.4 Å². The molecule has 1 aromatic rings. The van der Waals surface area contributed by atoms with Crippen molar-refractivity contribution in [2.45, 2.75) is 71.3 Å². The Hall–Kier alpha value is -2.05. The van der Waals surface area contributed by atoms with E-state index in [-0.39, 0.29) is 12.5 Å². The summed E-state index contributed by atoms with van der Waals surface area (Å²) < 4.78 is 49.3. The highest BCUT2D eigenvalue weighted by Crippen LogP contribution is 2.40. The number of rotatable bonds is 9. The highest BCUT2D eigenvalue weighted by Gasteiger charge is 2.42. The van der Waals surface area contributed by atoms with Crippen molar-refractivity contribution in [1.82, 2.24) is 0 Å². The van der Waals surface area contributed by atoms with Gasteiger partial charge in [0.2, 0.25) is 0 Å². The Labute approximate surface area is 169 Å². The molecule has 0 aliphatic heterocycles. The Kier molecular flexibility index (Phi) is 7.72. The van der Waals surface area contributed by atoms with Crippen molar-refractivity contribution in [1.29, 1.82) is 0 Å². The van der Waals surface area contributed by atoms with Gasteiger partial charge >= 0.3 is 18.1 Å². The summed E-state index contributed by atoms with van der Waals surface area (Å²) in [6.07, 6.45) is -3.90. The van der Waals surface area contributed by atoms with Gasteiger partial charge in [-0.1, -0.05) is 43.2 Å². The molecular weight excluding hydrogens is 385 g/mol. The van der Waals surface area contributed by atoms with Crippen LogP contribution in [0.3, 0.4) is 0 Å². The van der Waals surface area contributed by atoms with Crippen LogP contribution in [0.2, 0.25) is 0 Å². The van der Waals surface area contributed by atoms with Gasteiger partial charge in [0.15, 0.2) is 0 Å². The fourth-order valence-corrected chi connectivity index (χ4v) is 3.15. The van der Waals surface area contributed by atoms with Gasteiger partial charge in [0.05, 0.1) is 11.8 Å². The second kappa shape index (κ2) is 9.63. The minimum absolute atomic E-state index is 0.0490. The number of hydrogen-bond donors (Lipinski definition) is 0. The second-order valence-corrected chi connectivity index (χ2v) is 8.67. The highest BCUT2D eigenvalue weighted by atomic mass is 19.4. The molecule has 0 aromatic heterocycles. The van der Waals surface area contributed by atoms with Gasteiger partial charge in [-0.3, -0.25) is 9.59 Å². The van der Waals surface area contributed by atoms with E-state index in [4.69, 9.17) is 9.47 Å². The first-order valence-electron chi connectivity index (χ1n) is 9.95. The van der Waals surface area contributed by atoms with Crippen molar-refractivity contribution in [3.05, 3.63) is 35.9 Å². The summed E-state index contributed by atoms with van der Waals surface area (Å²) in [5, 5.41) is 0. The molecule has 162 valence electrons. The molecule has 1 aromatic carbocycles. The Morgan fingerprint density at radius 2 is 1.66 bits per heavy atom. The van der Waals surface area contributed by atoms with E-state index in [9.17, 15) is 22.8 Å². The number of carbonyl (C=O) groups is 2. The first-order chi connectivity index (χ1) is 13.4. The van der Waals surface area contributed by atoms with E-state index in [1.165, 1.54) is 0 Å². The summed E-state index contributed by atoms with van der Waals surface area (Å²) in [5.74, 6) is -3.30. The molecule has 2 rings (SSSR count). The number of benzene rings is 1. The molecule has 0 saturated heterocycles. The largest absolute Gasteiger partial charge is 0.461 e. The zero-order chi connectivity index (χ0) is 21.7. The molecule has 0 N–H and O–H groups in total. The van der Waals surface area contributed by atoms with E-state index in [1.807, 2.05) is 6.07 Å². The van der Waals surface area contributed by atoms with Gasteiger partial charge in [-0.25, -0.2) is 0 Å². The van der Waals surface area contributed by atoms with Gasteiger partial charge in [-0.2, -0.15) is 13.2 Å². The van der Waals surface area contributed by atoms with Crippen molar-refractivity contribution in [3.8, 4) is 0 Å². The third kappa shape index (κ3) is 8.88. The van der Waals surface area contributed by atoms with Crippen LogP contribution in [-0.2, 0) is 25.7 Å². The van der Waals surface area contributed by atoms with Crippen LogP contribution in [0.4, 0.5) is 13.2 Å². The number of carbonyl (C=O) groups excluding carboxylic acids is 2. The maximum atomic E-state index is 12.9. The van der Waals surface area contributed by atoms with Gasteiger partial charge < -0.3 is 9.47 Å². The maximum absolute atomic E-state index is 12.9. The summed E-state index contributed by atoms with van der Waals surface area (Å²) in [6.45, 7) is 5.03. The zero-order valence-corrected chi connectivity index (χ0v) is 17.1. The molecule has 1 saturated carbocycles. The van der Waals surface area contributed by atoms with Gasteiger partial charge in [-0.15, -0.1) is 0 Å². The van der Waals surface area contributed by atoms with E-state index in [0.29, 0.717) is 6.42 Å². The number of esters is 2. The smallest absolute Gasteiger partial charge is 0.389 e. The SMILES string of the molecule is CC(C)(C)OC(=O)[C@@H](CC1CC1)[C@@H](CCC(F)(F)F)C(=O)OCc1ccccc1. The first kappa shape index (κ1) is 23.2. The van der Waals surface area contributed by atoms with E-state index in [2.05, 4.69) is 0 Å². The zero-order valence-electron chi connectivity index (χ0n) is 17.1. The summed E-state index contributed by atoms with van der Waals surface area (Å²) in [7, 11) is 0. The summed E-state index contributed by atoms with van der Waals surface area (Å²) in [5.41, 5.74) is -0.0621. The van der Waals surface area contributed by atoms with Crippen LogP contribution in [0.15, 0.2) is 30.3 Å². The predicted octanol–water partition coefficient (Wildman–Crippen LogP) is 5.45. The Morgan fingerprint density at radius 1 is 1.03 bits per heavy atom. The van der Waals surface area contributed by atoms with Crippen LogP contribution in [0.5, 0.6) is 0 Å². The molecule has 2 atom stereocenters. The number of halogens is 3. The average molecular weight is 414 g/mol. The van der Waals surface area contributed by atoms with E-state index in [1.54, 1.807) is 45.0 Å². The molecule has 0 amide bonds. The monoisotopic (exact) mass is 414 g/mol. The minimum Gasteiger partial charge on any atom is -0.461 e. The van der Waals surface area contributed by atoms with Crippen molar-refractivity contribution < 1.29 is 32.2 Å². The summed E-state index contributed by atoms with van der Waals surface area (Å²) >= 11 is 0. The molecule has 1 aliphatic carbocycles. The van der Waals surface area contributed by atoms with Gasteiger partial charge in [0.25, 0.3) is 0 Å². The average Bonchev–Trinajstić information content (AvgIpc) is 3.41. The molecule has 0 spiro atoms. The lowest BCUT2D eigenvalue weighted by Crippen LogP contribution is -2.37. The molecule has 0 unspecified atom stereocenters. The lowest BCUT2D eigenvalue weighted by Gasteiger charge is -2.28. The van der Waals surface area contributed by atoms with Gasteiger partial charge in [0.1, 0.15) is 12.2 Å². The predicted molar refractivity (Wildman–Crippen MR) is 102 cm³/mol. The molecule has 0 bridgehead atoms. The molecule has 1 aliphatic rings. The fraction of sp³-hybridized carbons (Fsp3) is 0.636. The van der Waals surface area contributed by atoms with Crippen molar-refractivity contribution in [3.63, 3.8) is 0 Å². The maximum Gasteiger partial charge on any atom is 0.389 e. The van der Waals surface area contributed by atoms with Gasteiger partial charge in [0, 0.05) is 6.42 Å². The lowest BCUT2D eigenvalue weighted by atomic mass is 9.84. The summed E-state index contributed by atoms with van der Waals surface area (Å²) in [4.78, 5) is 25.5. The fourth-order valence-electron chi connectivity index (χ4n) is 3.15. The standard InChI is InChI=1S/C22H29F3O4/c1-21(2,3)29-20(27)18(13-15-9-10-15)17(11-12-22(23,24)25)19(26)28-14-16-7-5-4-6-8-16/h4-8,15,17-18H,9-14H2,1-3H3/t17-,18+/m1/s1. The van der Waals surface area contributed by atoms with E-state index >= 15 is 0 Å². The molecule has 4 nitrogen and oxygen atoms in total. The van der Waals surface area contributed by atoms with Crippen LogP contribution >= 0.6 is 0 Å². The quantitative estimate of drug-likeness (QED) is 0.505. The third-order valence-electron chi connectivity index (χ3n) is 4.74. The topological polar surface area (TPSA) is 52.6 Å².